The molecular weight excluding hydrogens is 345 g/mol. The van der Waals surface area contributed by atoms with Crippen molar-refractivity contribution in [1.82, 2.24) is 14.9 Å². The number of halogens is 1. The maximum absolute atomic E-state index is 13.5. The summed E-state index contributed by atoms with van der Waals surface area (Å²) in [5.74, 6) is -0.434. The lowest BCUT2D eigenvalue weighted by atomic mass is 9.98. The Morgan fingerprint density at radius 1 is 1.37 bits per heavy atom. The first-order chi connectivity index (χ1) is 13.2. The summed E-state index contributed by atoms with van der Waals surface area (Å²) in [6.07, 6.45) is 6.80. The molecule has 0 radical (unpaired) electrons. The highest BCUT2D eigenvalue weighted by molar-refractivity contribution is 5.86. The molecule has 3 heterocycles. The number of nitrogens with one attached hydrogen (secondary N) is 1. The monoisotopic (exact) mass is 367 g/mol. The van der Waals surface area contributed by atoms with E-state index in [1.165, 1.54) is 12.1 Å². The zero-order valence-corrected chi connectivity index (χ0v) is 15.2. The maximum Gasteiger partial charge on any atom is 0.249 e. The van der Waals surface area contributed by atoms with Gasteiger partial charge in [0, 0.05) is 36.5 Å². The Kier molecular flexibility index (Phi) is 4.90. The molecule has 1 saturated heterocycles. The van der Waals surface area contributed by atoms with Crippen LogP contribution in [0.2, 0.25) is 0 Å². The Bertz CT molecular complexity index is 946. The van der Waals surface area contributed by atoms with E-state index in [0.717, 1.165) is 41.4 Å². The van der Waals surface area contributed by atoms with E-state index < -0.39 is 6.10 Å². The number of carbonyl (C=O) groups is 1. The molecule has 0 bridgehead atoms. The SMILES string of the molecule is CCn1cc(C(NC(=O)C2CCCO2)c2ccc(F)cc2)c2ccncc21. The second-order valence-corrected chi connectivity index (χ2v) is 6.76. The minimum Gasteiger partial charge on any atom is -0.368 e. The van der Waals surface area contributed by atoms with Gasteiger partial charge < -0.3 is 14.6 Å². The van der Waals surface area contributed by atoms with Gasteiger partial charge in [0.1, 0.15) is 11.9 Å². The van der Waals surface area contributed by atoms with Gasteiger partial charge in [0.2, 0.25) is 5.91 Å². The Morgan fingerprint density at radius 3 is 2.89 bits per heavy atom. The molecule has 0 spiro atoms. The number of aryl methyl sites for hydroxylation is 1. The van der Waals surface area contributed by atoms with E-state index >= 15 is 0 Å². The second-order valence-electron chi connectivity index (χ2n) is 6.76. The van der Waals surface area contributed by atoms with Crippen LogP contribution in [0.5, 0.6) is 0 Å². The number of nitrogens with zero attached hydrogens (tertiary/aromatic N) is 2. The van der Waals surface area contributed by atoms with E-state index in [0.29, 0.717) is 6.61 Å². The number of pyridine rings is 1. The lowest BCUT2D eigenvalue weighted by Gasteiger charge is -2.21. The predicted molar refractivity (Wildman–Crippen MR) is 101 cm³/mol. The van der Waals surface area contributed by atoms with Crippen LogP contribution in [0.25, 0.3) is 10.9 Å². The van der Waals surface area contributed by atoms with Crippen molar-refractivity contribution in [2.75, 3.05) is 6.61 Å². The molecule has 3 aromatic rings. The number of ether oxygens (including phenoxy) is 1. The second kappa shape index (κ2) is 7.48. The minimum atomic E-state index is -0.422. The molecule has 0 saturated carbocycles. The topological polar surface area (TPSA) is 56.2 Å². The molecule has 2 aromatic heterocycles. The predicted octanol–water partition coefficient (Wildman–Crippen LogP) is 3.58. The molecule has 2 atom stereocenters. The first kappa shape index (κ1) is 17.7. The number of amides is 1. The summed E-state index contributed by atoms with van der Waals surface area (Å²) >= 11 is 0. The summed E-state index contributed by atoms with van der Waals surface area (Å²) in [5, 5.41) is 4.14. The average molecular weight is 367 g/mol. The standard InChI is InChI=1S/C21H22FN3O2/c1-2-25-13-17(16-9-10-23-12-18(16)25)20(14-5-7-15(22)8-6-14)24-21(26)19-4-3-11-27-19/h5-10,12-13,19-20H,2-4,11H2,1H3,(H,24,26). The summed E-state index contributed by atoms with van der Waals surface area (Å²) in [6.45, 7) is 3.46. The molecule has 27 heavy (non-hydrogen) atoms. The van der Waals surface area contributed by atoms with Crippen molar-refractivity contribution >= 4 is 16.8 Å². The highest BCUT2D eigenvalue weighted by atomic mass is 19.1. The highest BCUT2D eigenvalue weighted by Crippen LogP contribution is 2.31. The molecule has 4 rings (SSSR count). The van der Waals surface area contributed by atoms with Crippen LogP contribution in [0.4, 0.5) is 4.39 Å². The fourth-order valence-corrected chi connectivity index (χ4v) is 3.67. The van der Waals surface area contributed by atoms with Crippen molar-refractivity contribution in [1.29, 1.82) is 0 Å². The van der Waals surface area contributed by atoms with Crippen molar-refractivity contribution in [3.63, 3.8) is 0 Å². The number of benzene rings is 1. The molecule has 1 amide bonds. The van der Waals surface area contributed by atoms with Gasteiger partial charge in [-0.05, 0) is 43.5 Å². The van der Waals surface area contributed by atoms with E-state index in [9.17, 15) is 9.18 Å². The van der Waals surface area contributed by atoms with Gasteiger partial charge in [0.25, 0.3) is 0 Å². The van der Waals surface area contributed by atoms with E-state index in [-0.39, 0.29) is 17.8 Å². The van der Waals surface area contributed by atoms with Crippen LogP contribution in [-0.4, -0.2) is 28.2 Å². The van der Waals surface area contributed by atoms with Crippen molar-refractivity contribution in [2.24, 2.45) is 0 Å². The molecule has 1 aromatic carbocycles. The first-order valence-electron chi connectivity index (χ1n) is 9.27. The number of rotatable bonds is 5. The first-order valence-corrected chi connectivity index (χ1v) is 9.27. The van der Waals surface area contributed by atoms with Crippen LogP contribution in [0.15, 0.2) is 48.9 Å². The molecular formula is C21H22FN3O2. The van der Waals surface area contributed by atoms with Gasteiger partial charge >= 0.3 is 0 Å². The molecule has 2 unspecified atom stereocenters. The van der Waals surface area contributed by atoms with E-state index in [2.05, 4.69) is 21.8 Å². The van der Waals surface area contributed by atoms with Crippen molar-refractivity contribution in [2.45, 2.75) is 38.5 Å². The van der Waals surface area contributed by atoms with Crippen molar-refractivity contribution in [3.8, 4) is 0 Å². The minimum absolute atomic E-state index is 0.131. The van der Waals surface area contributed by atoms with Gasteiger partial charge in [0.15, 0.2) is 0 Å². The van der Waals surface area contributed by atoms with Crippen LogP contribution >= 0.6 is 0 Å². The number of hydrogen-bond donors (Lipinski definition) is 1. The number of hydrogen-bond acceptors (Lipinski definition) is 3. The maximum atomic E-state index is 13.5. The summed E-state index contributed by atoms with van der Waals surface area (Å²) in [6, 6.07) is 7.83. The Labute approximate surface area is 157 Å². The summed E-state index contributed by atoms with van der Waals surface area (Å²) < 4.78 is 21.1. The van der Waals surface area contributed by atoms with Crippen LogP contribution in [0.3, 0.4) is 0 Å². The van der Waals surface area contributed by atoms with Crippen LogP contribution in [0, 0.1) is 5.82 Å². The lowest BCUT2D eigenvalue weighted by Crippen LogP contribution is -2.37. The Morgan fingerprint density at radius 2 is 2.19 bits per heavy atom. The molecule has 0 aliphatic carbocycles. The quantitative estimate of drug-likeness (QED) is 0.750. The molecule has 1 aliphatic heterocycles. The van der Waals surface area contributed by atoms with Gasteiger partial charge in [-0.15, -0.1) is 0 Å². The van der Waals surface area contributed by atoms with E-state index in [4.69, 9.17) is 4.74 Å². The largest absolute Gasteiger partial charge is 0.368 e. The van der Waals surface area contributed by atoms with E-state index in [1.54, 1.807) is 18.3 Å². The van der Waals surface area contributed by atoms with Crippen LogP contribution in [-0.2, 0) is 16.1 Å². The third kappa shape index (κ3) is 3.45. The molecule has 5 nitrogen and oxygen atoms in total. The highest BCUT2D eigenvalue weighted by Gasteiger charge is 2.28. The number of fused-ring (bicyclic) bond motifs is 1. The van der Waals surface area contributed by atoms with Gasteiger partial charge in [-0.3, -0.25) is 9.78 Å². The number of carbonyl (C=O) groups excluding carboxylic acids is 1. The fraction of sp³-hybridized carbons (Fsp3) is 0.333. The number of aromatic nitrogens is 2. The summed E-state index contributed by atoms with van der Waals surface area (Å²) in [4.78, 5) is 17.0. The lowest BCUT2D eigenvalue weighted by molar-refractivity contribution is -0.130. The van der Waals surface area contributed by atoms with E-state index in [1.807, 2.05) is 18.5 Å². The van der Waals surface area contributed by atoms with Crippen LogP contribution < -0.4 is 5.32 Å². The summed E-state index contributed by atoms with van der Waals surface area (Å²) in [7, 11) is 0. The van der Waals surface area contributed by atoms with Crippen molar-refractivity contribution < 1.29 is 13.9 Å². The fourth-order valence-electron chi connectivity index (χ4n) is 3.67. The summed E-state index contributed by atoms with van der Waals surface area (Å²) in [5.41, 5.74) is 2.80. The van der Waals surface area contributed by atoms with Crippen LogP contribution in [0.1, 0.15) is 36.9 Å². The molecule has 1 fully saturated rings. The molecule has 1 N–H and O–H groups in total. The average Bonchev–Trinajstić information content (AvgIpc) is 3.35. The van der Waals surface area contributed by atoms with Crippen molar-refractivity contribution in [3.05, 3.63) is 65.9 Å². The third-order valence-electron chi connectivity index (χ3n) is 5.08. The smallest absolute Gasteiger partial charge is 0.249 e. The van der Waals surface area contributed by atoms with Gasteiger partial charge in [-0.2, -0.15) is 0 Å². The molecule has 1 aliphatic rings. The molecule has 140 valence electrons. The van der Waals surface area contributed by atoms with Gasteiger partial charge in [0.05, 0.1) is 17.8 Å². The zero-order chi connectivity index (χ0) is 18.8. The Balaban J connectivity index is 1.78. The van der Waals surface area contributed by atoms with Gasteiger partial charge in [-0.1, -0.05) is 12.1 Å². The van der Waals surface area contributed by atoms with Gasteiger partial charge in [-0.25, -0.2) is 4.39 Å². The molecule has 6 heteroatoms. The Hall–Kier alpha value is -2.73. The third-order valence-corrected chi connectivity index (χ3v) is 5.08. The zero-order valence-electron chi connectivity index (χ0n) is 15.2. The normalized spacial score (nSPS) is 17.9.